The maximum absolute atomic E-state index is 12.4. The van der Waals surface area contributed by atoms with Crippen molar-refractivity contribution >= 4 is 17.5 Å². The monoisotopic (exact) mass is 320 g/mol. The van der Waals surface area contributed by atoms with Gasteiger partial charge in [-0.1, -0.05) is 57.6 Å². The van der Waals surface area contributed by atoms with Gasteiger partial charge in [0.15, 0.2) is 5.78 Å². The zero-order valence-electron chi connectivity index (χ0n) is 13.5. The number of carboxylic acid groups (broad SMARTS) is 1. The van der Waals surface area contributed by atoms with Crippen LogP contribution in [0.1, 0.15) is 62.2 Å². The molecule has 1 rings (SSSR count). The Morgan fingerprint density at radius 1 is 1.00 bits per heavy atom. The van der Waals surface area contributed by atoms with Crippen molar-refractivity contribution in [3.63, 3.8) is 0 Å². The van der Waals surface area contributed by atoms with E-state index in [4.69, 9.17) is 5.11 Å². The van der Waals surface area contributed by atoms with Gasteiger partial charge in [0, 0.05) is 0 Å². The van der Waals surface area contributed by atoms with Crippen LogP contribution in [0.15, 0.2) is 24.3 Å². The molecule has 1 aromatic rings. The second-order valence-electron chi connectivity index (χ2n) is 5.66. The molecule has 0 aliphatic rings. The van der Waals surface area contributed by atoms with Crippen LogP contribution in [0.2, 0.25) is 0 Å². The molecule has 0 heterocycles. The number of benzene rings is 1. The molecule has 0 saturated heterocycles. The number of phenols is 1. The molecular weight excluding hydrogens is 296 g/mol. The molecule has 0 bridgehead atoms. The first-order valence-corrected chi connectivity index (χ1v) is 8.08. The summed E-state index contributed by atoms with van der Waals surface area (Å²) < 4.78 is 0. The van der Waals surface area contributed by atoms with Crippen molar-refractivity contribution in [2.45, 2.75) is 51.9 Å². The molecule has 1 unspecified atom stereocenters. The van der Waals surface area contributed by atoms with Crippen LogP contribution in [-0.4, -0.2) is 27.7 Å². The lowest BCUT2D eigenvalue weighted by molar-refractivity contribution is -0.150. The predicted octanol–water partition coefficient (Wildman–Crippen LogP) is 3.60. The van der Waals surface area contributed by atoms with Crippen molar-refractivity contribution in [1.82, 2.24) is 0 Å². The third kappa shape index (κ3) is 5.85. The average molecular weight is 320 g/mol. The van der Waals surface area contributed by atoms with Crippen LogP contribution in [0.3, 0.4) is 0 Å². The van der Waals surface area contributed by atoms with Crippen LogP contribution in [0, 0.1) is 5.92 Å². The van der Waals surface area contributed by atoms with Gasteiger partial charge in [0.2, 0.25) is 0 Å². The summed E-state index contributed by atoms with van der Waals surface area (Å²) in [7, 11) is 0. The molecule has 0 radical (unpaired) electrons. The van der Waals surface area contributed by atoms with Crippen LogP contribution in [-0.2, 0) is 9.59 Å². The van der Waals surface area contributed by atoms with Gasteiger partial charge in [-0.25, -0.2) is 4.79 Å². The fourth-order valence-corrected chi connectivity index (χ4v) is 2.53. The Morgan fingerprint density at radius 2 is 1.61 bits per heavy atom. The highest BCUT2D eigenvalue weighted by atomic mass is 16.4. The van der Waals surface area contributed by atoms with Gasteiger partial charge in [0.1, 0.15) is 5.75 Å². The smallest absolute Gasteiger partial charge is 0.372 e. The molecule has 0 aromatic heterocycles. The number of aromatic hydroxyl groups is 1. The third-order valence-electron chi connectivity index (χ3n) is 3.86. The molecule has 1 atom stereocenters. The van der Waals surface area contributed by atoms with E-state index >= 15 is 0 Å². The molecule has 1 aromatic carbocycles. The van der Waals surface area contributed by atoms with Gasteiger partial charge >= 0.3 is 5.97 Å². The largest absolute Gasteiger partial charge is 0.507 e. The van der Waals surface area contributed by atoms with E-state index in [1.165, 1.54) is 12.1 Å². The fraction of sp³-hybridized carbons (Fsp3) is 0.500. The minimum absolute atomic E-state index is 0.00178. The summed E-state index contributed by atoms with van der Waals surface area (Å²) in [5, 5.41) is 18.7. The summed E-state index contributed by atoms with van der Waals surface area (Å²) in [6.07, 6.45) is 6.06. The average Bonchev–Trinajstić information content (AvgIpc) is 2.53. The van der Waals surface area contributed by atoms with Gasteiger partial charge in [0.25, 0.3) is 5.78 Å². The number of rotatable bonds is 11. The van der Waals surface area contributed by atoms with Crippen molar-refractivity contribution in [2.24, 2.45) is 5.92 Å². The van der Waals surface area contributed by atoms with Crippen LogP contribution >= 0.6 is 0 Å². The first-order valence-electron chi connectivity index (χ1n) is 8.08. The Hall–Kier alpha value is -2.17. The molecule has 2 N–H and O–H groups in total. The van der Waals surface area contributed by atoms with Crippen LogP contribution < -0.4 is 0 Å². The molecule has 5 heteroatoms. The highest BCUT2D eigenvalue weighted by Crippen LogP contribution is 2.24. The SMILES string of the molecule is CCCCCCCCC(C(=O)C(=O)O)C(=O)c1ccccc1O. The number of aliphatic carboxylic acids is 1. The number of hydrogen-bond acceptors (Lipinski definition) is 4. The van der Waals surface area contributed by atoms with Crippen molar-refractivity contribution in [2.75, 3.05) is 0 Å². The van der Waals surface area contributed by atoms with Crippen molar-refractivity contribution in [3.05, 3.63) is 29.8 Å². The molecular formula is C18H24O5. The summed E-state index contributed by atoms with van der Waals surface area (Å²) >= 11 is 0. The van der Waals surface area contributed by atoms with E-state index < -0.39 is 23.5 Å². The van der Waals surface area contributed by atoms with E-state index in [0.29, 0.717) is 6.42 Å². The number of hydrogen-bond donors (Lipinski definition) is 2. The number of carbonyl (C=O) groups excluding carboxylic acids is 2. The lowest BCUT2D eigenvalue weighted by Gasteiger charge is -2.13. The zero-order chi connectivity index (χ0) is 17.2. The van der Waals surface area contributed by atoms with E-state index in [1.54, 1.807) is 12.1 Å². The van der Waals surface area contributed by atoms with Gasteiger partial charge in [-0.05, 0) is 18.6 Å². The van der Waals surface area contributed by atoms with E-state index in [9.17, 15) is 19.5 Å². The number of carbonyl (C=O) groups is 3. The van der Waals surface area contributed by atoms with Crippen LogP contribution in [0.25, 0.3) is 0 Å². The standard InChI is InChI=1S/C18H24O5/c1-2-3-4-5-6-7-11-14(17(21)18(22)23)16(20)13-10-8-9-12-15(13)19/h8-10,12,14,19H,2-7,11H2,1H3,(H,22,23). The van der Waals surface area contributed by atoms with Gasteiger partial charge in [-0.15, -0.1) is 0 Å². The lowest BCUT2D eigenvalue weighted by atomic mass is 9.88. The molecule has 0 fully saturated rings. The summed E-state index contributed by atoms with van der Waals surface area (Å²) in [5.41, 5.74) is -0.00178. The van der Waals surface area contributed by atoms with Gasteiger partial charge in [-0.3, -0.25) is 9.59 Å². The van der Waals surface area contributed by atoms with Crippen LogP contribution in [0.4, 0.5) is 0 Å². The van der Waals surface area contributed by atoms with E-state index in [-0.39, 0.29) is 17.7 Å². The normalized spacial score (nSPS) is 11.9. The minimum atomic E-state index is -1.61. The molecule has 5 nitrogen and oxygen atoms in total. The fourth-order valence-electron chi connectivity index (χ4n) is 2.53. The van der Waals surface area contributed by atoms with Crippen LogP contribution in [0.5, 0.6) is 5.75 Å². The van der Waals surface area contributed by atoms with Crippen molar-refractivity contribution in [3.8, 4) is 5.75 Å². The summed E-state index contributed by atoms with van der Waals surface area (Å²) in [4.78, 5) is 35.2. The number of phenolic OH excluding ortho intramolecular Hbond substituents is 1. The third-order valence-corrected chi connectivity index (χ3v) is 3.86. The lowest BCUT2D eigenvalue weighted by Crippen LogP contribution is -2.30. The number of unbranched alkanes of at least 4 members (excludes halogenated alkanes) is 5. The summed E-state index contributed by atoms with van der Waals surface area (Å²) in [5.74, 6) is -4.80. The second-order valence-corrected chi connectivity index (χ2v) is 5.66. The number of ketones is 2. The first-order chi connectivity index (χ1) is 11.0. The Kier molecular flexibility index (Phi) is 8.02. The zero-order valence-corrected chi connectivity index (χ0v) is 13.5. The molecule has 0 aliphatic heterocycles. The number of Topliss-reactive ketones (excluding diaryl/α,β-unsaturated/α-hetero) is 2. The molecule has 0 spiro atoms. The summed E-state index contributed by atoms with van der Waals surface area (Å²) in [6, 6.07) is 5.88. The van der Waals surface area contributed by atoms with E-state index in [0.717, 1.165) is 32.1 Å². The number of carboxylic acids is 1. The quantitative estimate of drug-likeness (QED) is 0.281. The number of para-hydroxylation sites is 1. The Labute approximate surface area is 136 Å². The highest BCUT2D eigenvalue weighted by molar-refractivity contribution is 6.38. The molecule has 0 saturated carbocycles. The van der Waals surface area contributed by atoms with Crippen molar-refractivity contribution in [1.29, 1.82) is 0 Å². The predicted molar refractivity (Wildman–Crippen MR) is 86.6 cm³/mol. The molecule has 23 heavy (non-hydrogen) atoms. The van der Waals surface area contributed by atoms with E-state index in [1.807, 2.05) is 0 Å². The topological polar surface area (TPSA) is 91.7 Å². The van der Waals surface area contributed by atoms with Crippen molar-refractivity contribution < 1.29 is 24.6 Å². The Morgan fingerprint density at radius 3 is 2.22 bits per heavy atom. The highest BCUT2D eigenvalue weighted by Gasteiger charge is 2.32. The summed E-state index contributed by atoms with van der Waals surface area (Å²) in [6.45, 7) is 2.12. The second kappa shape index (κ2) is 9.77. The molecule has 0 aliphatic carbocycles. The molecule has 126 valence electrons. The Bertz CT molecular complexity index is 550. The van der Waals surface area contributed by atoms with Gasteiger partial charge < -0.3 is 10.2 Å². The van der Waals surface area contributed by atoms with E-state index in [2.05, 4.69) is 6.92 Å². The van der Waals surface area contributed by atoms with Gasteiger partial charge in [0.05, 0.1) is 11.5 Å². The molecule has 0 amide bonds. The van der Waals surface area contributed by atoms with Gasteiger partial charge in [-0.2, -0.15) is 0 Å². The maximum Gasteiger partial charge on any atom is 0.372 e. The minimum Gasteiger partial charge on any atom is -0.507 e. The Balaban J connectivity index is 2.73. The first kappa shape index (κ1) is 18.9. The maximum atomic E-state index is 12.4.